The third-order valence-corrected chi connectivity index (χ3v) is 3.02. The van der Waals surface area contributed by atoms with E-state index in [9.17, 15) is 15.0 Å². The Morgan fingerprint density at radius 3 is 2.75 bits per heavy atom. The number of aliphatic hydroxyl groups is 3. The summed E-state index contributed by atoms with van der Waals surface area (Å²) in [5, 5.41) is 27.7. The summed E-state index contributed by atoms with van der Waals surface area (Å²) in [5.74, 6) is 5.18. The summed E-state index contributed by atoms with van der Waals surface area (Å²) in [6.45, 7) is 0.126. The van der Waals surface area contributed by atoms with Crippen molar-refractivity contribution < 1.29 is 20.1 Å². The zero-order valence-electron chi connectivity index (χ0n) is 10.9. The molecule has 0 bridgehead atoms. The van der Waals surface area contributed by atoms with Gasteiger partial charge in [0, 0.05) is 25.7 Å². The highest BCUT2D eigenvalue weighted by atomic mass is 16.3. The highest BCUT2D eigenvalue weighted by Gasteiger charge is 2.34. The van der Waals surface area contributed by atoms with Crippen LogP contribution in [0.1, 0.15) is 22.5 Å². The van der Waals surface area contributed by atoms with Gasteiger partial charge in [0.05, 0.1) is 24.4 Å². The van der Waals surface area contributed by atoms with Crippen molar-refractivity contribution in [3.05, 3.63) is 29.6 Å². The summed E-state index contributed by atoms with van der Waals surface area (Å²) in [6, 6.07) is 3.35. The van der Waals surface area contributed by atoms with Gasteiger partial charge in [-0.1, -0.05) is 11.8 Å². The fraction of sp³-hybridized carbons (Fsp3) is 0.429. The minimum atomic E-state index is -0.924. The Labute approximate surface area is 116 Å². The molecule has 1 fully saturated rings. The van der Waals surface area contributed by atoms with Crippen LogP contribution in [0.25, 0.3) is 0 Å². The molecule has 6 nitrogen and oxygen atoms in total. The fourth-order valence-corrected chi connectivity index (χ4v) is 1.98. The number of pyridine rings is 1. The molecule has 0 aromatic carbocycles. The lowest BCUT2D eigenvalue weighted by Gasteiger charge is -2.15. The molecule has 1 aliphatic heterocycles. The number of aromatic nitrogens is 1. The van der Waals surface area contributed by atoms with Gasteiger partial charge in [0.1, 0.15) is 5.69 Å². The van der Waals surface area contributed by atoms with Gasteiger partial charge in [-0.05, 0) is 12.1 Å². The number of carbonyl (C=O) groups excluding carboxylic acids is 1. The van der Waals surface area contributed by atoms with Crippen LogP contribution in [0.5, 0.6) is 0 Å². The first-order chi connectivity index (χ1) is 9.63. The smallest absolute Gasteiger partial charge is 0.273 e. The summed E-state index contributed by atoms with van der Waals surface area (Å²) in [7, 11) is 0. The topological polar surface area (TPSA) is 93.9 Å². The van der Waals surface area contributed by atoms with Crippen LogP contribution in [0.3, 0.4) is 0 Å². The normalized spacial score (nSPS) is 21.4. The van der Waals surface area contributed by atoms with Crippen LogP contribution >= 0.6 is 0 Å². The SMILES string of the molecule is O=C(c1ncccc1C#CCCO)N1CC(O)C(O)C1. The number of carbonyl (C=O) groups is 1. The maximum absolute atomic E-state index is 12.3. The van der Waals surface area contributed by atoms with Gasteiger partial charge in [-0.25, -0.2) is 4.98 Å². The summed E-state index contributed by atoms with van der Waals surface area (Å²) in [5.41, 5.74) is 0.668. The summed E-state index contributed by atoms with van der Waals surface area (Å²) >= 11 is 0. The van der Waals surface area contributed by atoms with E-state index in [2.05, 4.69) is 16.8 Å². The lowest BCUT2D eigenvalue weighted by molar-refractivity contribution is 0.0572. The van der Waals surface area contributed by atoms with Gasteiger partial charge in [0.15, 0.2) is 0 Å². The summed E-state index contributed by atoms with van der Waals surface area (Å²) in [4.78, 5) is 17.7. The number of β-amino-alcohol motifs (C(OH)–C–C–N with tert-alkyl or cyclic N) is 2. The van der Waals surface area contributed by atoms with Crippen LogP contribution in [0.15, 0.2) is 18.3 Å². The molecule has 0 radical (unpaired) electrons. The van der Waals surface area contributed by atoms with E-state index < -0.39 is 12.2 Å². The van der Waals surface area contributed by atoms with Crippen LogP contribution in [-0.2, 0) is 0 Å². The van der Waals surface area contributed by atoms with E-state index in [4.69, 9.17) is 5.11 Å². The van der Waals surface area contributed by atoms with Gasteiger partial charge < -0.3 is 20.2 Å². The molecule has 106 valence electrons. The Balaban J connectivity index is 2.21. The zero-order chi connectivity index (χ0) is 14.5. The van der Waals surface area contributed by atoms with Crippen molar-refractivity contribution in [2.75, 3.05) is 19.7 Å². The second kappa shape index (κ2) is 6.48. The highest BCUT2D eigenvalue weighted by Crippen LogP contribution is 2.15. The molecular formula is C14H16N2O4. The number of hydrogen-bond donors (Lipinski definition) is 3. The number of aliphatic hydroxyl groups excluding tert-OH is 3. The minimum Gasteiger partial charge on any atom is -0.395 e. The maximum atomic E-state index is 12.3. The molecule has 2 rings (SSSR count). The second-order valence-corrected chi connectivity index (χ2v) is 4.52. The van der Waals surface area contributed by atoms with Crippen molar-refractivity contribution in [2.45, 2.75) is 18.6 Å². The van der Waals surface area contributed by atoms with Crippen LogP contribution in [-0.4, -0.2) is 63.0 Å². The summed E-state index contributed by atoms with van der Waals surface area (Å²) in [6.07, 6.45) is -0.0324. The van der Waals surface area contributed by atoms with Crippen molar-refractivity contribution in [3.8, 4) is 11.8 Å². The third kappa shape index (κ3) is 3.14. The largest absolute Gasteiger partial charge is 0.395 e. The van der Waals surface area contributed by atoms with Crippen molar-refractivity contribution in [1.82, 2.24) is 9.88 Å². The average Bonchev–Trinajstić information content (AvgIpc) is 2.79. The van der Waals surface area contributed by atoms with Crippen molar-refractivity contribution in [2.24, 2.45) is 0 Å². The lowest BCUT2D eigenvalue weighted by atomic mass is 10.1. The average molecular weight is 276 g/mol. The number of hydrogen-bond acceptors (Lipinski definition) is 5. The van der Waals surface area contributed by atoms with Crippen molar-refractivity contribution >= 4 is 5.91 Å². The molecule has 0 spiro atoms. The molecule has 0 saturated carbocycles. The Bertz CT molecular complexity index is 540. The zero-order valence-corrected chi connectivity index (χ0v) is 10.9. The quantitative estimate of drug-likeness (QED) is 0.602. The Hall–Kier alpha value is -1.94. The molecule has 20 heavy (non-hydrogen) atoms. The van der Waals surface area contributed by atoms with Crippen LogP contribution in [0.4, 0.5) is 0 Å². The molecule has 1 amide bonds. The summed E-state index contributed by atoms with van der Waals surface area (Å²) < 4.78 is 0. The first-order valence-electron chi connectivity index (χ1n) is 6.33. The van der Waals surface area contributed by atoms with Gasteiger partial charge in [-0.2, -0.15) is 0 Å². The first-order valence-corrected chi connectivity index (χ1v) is 6.33. The van der Waals surface area contributed by atoms with Crippen LogP contribution < -0.4 is 0 Å². The number of rotatable bonds is 2. The van der Waals surface area contributed by atoms with Crippen LogP contribution in [0.2, 0.25) is 0 Å². The molecule has 0 aliphatic carbocycles. The minimum absolute atomic E-state index is 0.0406. The van der Waals surface area contributed by atoms with Crippen molar-refractivity contribution in [1.29, 1.82) is 0 Å². The van der Waals surface area contributed by atoms with E-state index in [0.717, 1.165) is 0 Å². The molecule has 3 N–H and O–H groups in total. The van der Waals surface area contributed by atoms with E-state index in [-0.39, 0.29) is 31.3 Å². The van der Waals surface area contributed by atoms with Crippen LogP contribution in [0, 0.1) is 11.8 Å². The van der Waals surface area contributed by atoms with Gasteiger partial charge in [0.2, 0.25) is 0 Å². The fourth-order valence-electron chi connectivity index (χ4n) is 1.98. The van der Waals surface area contributed by atoms with Gasteiger partial charge in [-0.3, -0.25) is 4.79 Å². The van der Waals surface area contributed by atoms with E-state index in [0.29, 0.717) is 12.0 Å². The van der Waals surface area contributed by atoms with E-state index in [1.165, 1.54) is 11.1 Å². The van der Waals surface area contributed by atoms with Crippen molar-refractivity contribution in [3.63, 3.8) is 0 Å². The third-order valence-electron chi connectivity index (χ3n) is 3.02. The molecule has 6 heteroatoms. The number of nitrogens with zero attached hydrogens (tertiary/aromatic N) is 2. The van der Waals surface area contributed by atoms with E-state index >= 15 is 0 Å². The molecule has 1 aliphatic rings. The molecule has 1 saturated heterocycles. The number of likely N-dealkylation sites (tertiary alicyclic amines) is 1. The Kier molecular flexibility index (Phi) is 4.69. The molecule has 1 aromatic rings. The Morgan fingerprint density at radius 1 is 1.40 bits per heavy atom. The second-order valence-electron chi connectivity index (χ2n) is 4.52. The number of amides is 1. The molecular weight excluding hydrogens is 260 g/mol. The molecule has 1 aromatic heterocycles. The van der Waals surface area contributed by atoms with Gasteiger partial charge >= 0.3 is 0 Å². The van der Waals surface area contributed by atoms with E-state index in [1.54, 1.807) is 12.1 Å². The first kappa shape index (κ1) is 14.5. The molecule has 2 unspecified atom stereocenters. The monoisotopic (exact) mass is 276 g/mol. The standard InChI is InChI=1S/C14H16N2O4/c17-7-2-1-4-10-5-3-6-15-13(10)14(20)16-8-11(18)12(19)9-16/h3,5-6,11-12,17-19H,2,7-9H2. The Morgan fingerprint density at radius 2 is 2.10 bits per heavy atom. The van der Waals surface area contributed by atoms with Gasteiger partial charge in [0.25, 0.3) is 5.91 Å². The van der Waals surface area contributed by atoms with Gasteiger partial charge in [-0.15, -0.1) is 0 Å². The predicted octanol–water partition coefficient (Wildman–Crippen LogP) is -1.01. The lowest BCUT2D eigenvalue weighted by Crippen LogP contribution is -2.31. The van der Waals surface area contributed by atoms with E-state index in [1.807, 2.05) is 0 Å². The maximum Gasteiger partial charge on any atom is 0.273 e. The molecule has 2 heterocycles. The highest BCUT2D eigenvalue weighted by molar-refractivity contribution is 5.95. The predicted molar refractivity (Wildman–Crippen MR) is 70.7 cm³/mol. The molecule has 2 atom stereocenters.